The second-order valence-electron chi connectivity index (χ2n) is 8.19. The van der Waals surface area contributed by atoms with Gasteiger partial charge in [0.1, 0.15) is 0 Å². The van der Waals surface area contributed by atoms with E-state index in [0.29, 0.717) is 18.1 Å². The van der Waals surface area contributed by atoms with E-state index in [2.05, 4.69) is 32.9 Å². The summed E-state index contributed by atoms with van der Waals surface area (Å²) in [5.41, 5.74) is 2.19. The Morgan fingerprint density at radius 1 is 0.692 bits per heavy atom. The molecule has 26 heavy (non-hydrogen) atoms. The fraction of sp³-hybridized carbons (Fsp3) is 0.720. The first-order chi connectivity index (χ1) is 12.6. The number of hydrogen-bond acceptors (Lipinski definition) is 1. The van der Waals surface area contributed by atoms with E-state index in [0.717, 1.165) is 12.0 Å². The van der Waals surface area contributed by atoms with E-state index in [1.54, 1.807) is 0 Å². The zero-order valence-corrected chi connectivity index (χ0v) is 17.7. The predicted molar refractivity (Wildman–Crippen MR) is 115 cm³/mol. The molecule has 1 aromatic carbocycles. The summed E-state index contributed by atoms with van der Waals surface area (Å²) in [5, 5.41) is 0. The van der Waals surface area contributed by atoms with Crippen molar-refractivity contribution < 1.29 is 4.79 Å². The summed E-state index contributed by atoms with van der Waals surface area (Å²) in [5.74, 6) is 0.837. The van der Waals surface area contributed by atoms with Crippen LogP contribution in [0.2, 0.25) is 0 Å². The molecule has 0 N–H and O–H groups in total. The molecule has 0 aromatic heterocycles. The van der Waals surface area contributed by atoms with Crippen LogP contribution in [0.1, 0.15) is 133 Å². The summed E-state index contributed by atoms with van der Waals surface area (Å²) in [6, 6.07) is 8.20. The average molecular weight is 359 g/mol. The molecule has 0 unspecified atom stereocenters. The maximum absolute atomic E-state index is 12.2. The number of ketones is 1. The van der Waals surface area contributed by atoms with Crippen molar-refractivity contribution in [3.63, 3.8) is 0 Å². The summed E-state index contributed by atoms with van der Waals surface area (Å²) < 4.78 is 0. The summed E-state index contributed by atoms with van der Waals surface area (Å²) in [6.45, 7) is 6.65. The largest absolute Gasteiger partial charge is 0.294 e. The highest BCUT2D eigenvalue weighted by Crippen LogP contribution is 2.17. The van der Waals surface area contributed by atoms with Gasteiger partial charge in [-0.25, -0.2) is 0 Å². The Labute approximate surface area is 163 Å². The molecule has 1 nitrogen and oxygen atoms in total. The van der Waals surface area contributed by atoms with Crippen molar-refractivity contribution in [3.05, 3.63) is 35.4 Å². The standard InChI is InChI=1S/C25H42O/c1-4-5-6-7-8-9-10-11-12-13-14-15-16-17-25(26)24-20-18-23(19-21-24)22(2)3/h18-22H,4-17H2,1-3H3. The molecule has 1 aromatic rings. The summed E-state index contributed by atoms with van der Waals surface area (Å²) >= 11 is 0. The van der Waals surface area contributed by atoms with E-state index in [9.17, 15) is 4.79 Å². The third-order valence-corrected chi connectivity index (χ3v) is 5.41. The SMILES string of the molecule is CCCCCCCCCCCCCCCC(=O)c1ccc(C(C)C)cc1. The summed E-state index contributed by atoms with van der Waals surface area (Å²) in [6.07, 6.45) is 18.2. The van der Waals surface area contributed by atoms with Crippen LogP contribution in [0.4, 0.5) is 0 Å². The minimum Gasteiger partial charge on any atom is -0.294 e. The summed E-state index contributed by atoms with van der Waals surface area (Å²) in [4.78, 5) is 12.2. The molecule has 1 rings (SSSR count). The smallest absolute Gasteiger partial charge is 0.162 e. The van der Waals surface area contributed by atoms with Crippen LogP contribution in [-0.2, 0) is 0 Å². The van der Waals surface area contributed by atoms with Crippen LogP contribution in [0.3, 0.4) is 0 Å². The number of benzene rings is 1. The lowest BCUT2D eigenvalue weighted by Gasteiger charge is -2.06. The monoisotopic (exact) mass is 358 g/mol. The van der Waals surface area contributed by atoms with Crippen LogP contribution in [0.15, 0.2) is 24.3 Å². The Morgan fingerprint density at radius 3 is 1.54 bits per heavy atom. The van der Waals surface area contributed by atoms with Crippen LogP contribution < -0.4 is 0 Å². The lowest BCUT2D eigenvalue weighted by molar-refractivity contribution is 0.0979. The Morgan fingerprint density at radius 2 is 1.12 bits per heavy atom. The van der Waals surface area contributed by atoms with Crippen molar-refractivity contribution in [2.24, 2.45) is 0 Å². The van der Waals surface area contributed by atoms with E-state index in [1.165, 1.54) is 82.6 Å². The van der Waals surface area contributed by atoms with Crippen LogP contribution >= 0.6 is 0 Å². The van der Waals surface area contributed by atoms with Gasteiger partial charge in [0.2, 0.25) is 0 Å². The molecule has 148 valence electrons. The normalized spacial score (nSPS) is 11.2. The van der Waals surface area contributed by atoms with Crippen LogP contribution in [0.25, 0.3) is 0 Å². The van der Waals surface area contributed by atoms with Gasteiger partial charge in [0, 0.05) is 12.0 Å². The van der Waals surface area contributed by atoms with Gasteiger partial charge in [-0.2, -0.15) is 0 Å². The van der Waals surface area contributed by atoms with Gasteiger partial charge in [0.05, 0.1) is 0 Å². The molecule has 0 fully saturated rings. The highest BCUT2D eigenvalue weighted by molar-refractivity contribution is 5.96. The van der Waals surface area contributed by atoms with Crippen molar-refractivity contribution in [1.82, 2.24) is 0 Å². The van der Waals surface area contributed by atoms with Gasteiger partial charge in [-0.3, -0.25) is 4.79 Å². The van der Waals surface area contributed by atoms with Gasteiger partial charge >= 0.3 is 0 Å². The van der Waals surface area contributed by atoms with E-state index in [1.807, 2.05) is 12.1 Å². The average Bonchev–Trinajstić information content (AvgIpc) is 2.65. The van der Waals surface area contributed by atoms with Crippen molar-refractivity contribution in [1.29, 1.82) is 0 Å². The first-order valence-electron chi connectivity index (χ1n) is 11.3. The number of unbranched alkanes of at least 4 members (excludes halogenated alkanes) is 12. The van der Waals surface area contributed by atoms with Gasteiger partial charge in [-0.15, -0.1) is 0 Å². The predicted octanol–water partition coefficient (Wildman–Crippen LogP) is 8.47. The third kappa shape index (κ3) is 10.8. The molecular weight excluding hydrogens is 316 g/mol. The Bertz CT molecular complexity index is 458. The first-order valence-corrected chi connectivity index (χ1v) is 11.3. The maximum Gasteiger partial charge on any atom is 0.162 e. The highest BCUT2D eigenvalue weighted by atomic mass is 16.1. The second-order valence-corrected chi connectivity index (χ2v) is 8.19. The molecule has 0 saturated carbocycles. The Balaban J connectivity index is 1.94. The van der Waals surface area contributed by atoms with Crippen molar-refractivity contribution in [2.75, 3.05) is 0 Å². The minimum atomic E-state index is 0.309. The van der Waals surface area contributed by atoms with Gasteiger partial charge in [-0.1, -0.05) is 122 Å². The molecule has 0 saturated heterocycles. The zero-order chi connectivity index (χ0) is 19.0. The topological polar surface area (TPSA) is 17.1 Å². The van der Waals surface area contributed by atoms with Crippen molar-refractivity contribution in [3.8, 4) is 0 Å². The zero-order valence-electron chi connectivity index (χ0n) is 17.7. The number of hydrogen-bond donors (Lipinski definition) is 0. The number of Topliss-reactive ketones (excluding diaryl/α,β-unsaturated/α-hetero) is 1. The minimum absolute atomic E-state index is 0.309. The number of carbonyl (C=O) groups excluding carboxylic acids is 1. The number of carbonyl (C=O) groups is 1. The molecule has 0 aliphatic rings. The van der Waals surface area contributed by atoms with E-state index < -0.39 is 0 Å². The van der Waals surface area contributed by atoms with Crippen LogP contribution in [0, 0.1) is 0 Å². The lowest BCUT2D eigenvalue weighted by Crippen LogP contribution is -1.99. The Kier molecular flexibility index (Phi) is 13.2. The van der Waals surface area contributed by atoms with Gasteiger partial charge in [0.25, 0.3) is 0 Å². The van der Waals surface area contributed by atoms with Crippen LogP contribution in [0.5, 0.6) is 0 Å². The Hall–Kier alpha value is -1.11. The quantitative estimate of drug-likeness (QED) is 0.214. The maximum atomic E-state index is 12.2. The molecule has 0 amide bonds. The number of rotatable bonds is 16. The fourth-order valence-electron chi connectivity index (χ4n) is 3.50. The van der Waals surface area contributed by atoms with Gasteiger partial charge in [-0.05, 0) is 17.9 Å². The molecular formula is C25H42O. The highest BCUT2D eigenvalue weighted by Gasteiger charge is 2.06. The molecule has 0 radical (unpaired) electrons. The van der Waals surface area contributed by atoms with Crippen LogP contribution in [-0.4, -0.2) is 5.78 Å². The van der Waals surface area contributed by atoms with E-state index in [4.69, 9.17) is 0 Å². The molecule has 0 aliphatic carbocycles. The molecule has 0 heterocycles. The van der Waals surface area contributed by atoms with Gasteiger partial charge in [0.15, 0.2) is 5.78 Å². The van der Waals surface area contributed by atoms with E-state index >= 15 is 0 Å². The second kappa shape index (κ2) is 15.0. The first kappa shape index (κ1) is 22.9. The third-order valence-electron chi connectivity index (χ3n) is 5.41. The molecule has 1 heteroatoms. The summed E-state index contributed by atoms with van der Waals surface area (Å²) in [7, 11) is 0. The van der Waals surface area contributed by atoms with E-state index in [-0.39, 0.29) is 0 Å². The lowest BCUT2D eigenvalue weighted by atomic mass is 9.98. The fourth-order valence-corrected chi connectivity index (χ4v) is 3.50. The van der Waals surface area contributed by atoms with Crippen molar-refractivity contribution >= 4 is 5.78 Å². The molecule has 0 aliphatic heterocycles. The molecule has 0 bridgehead atoms. The molecule has 0 spiro atoms. The van der Waals surface area contributed by atoms with Gasteiger partial charge < -0.3 is 0 Å². The van der Waals surface area contributed by atoms with Crippen molar-refractivity contribution in [2.45, 2.75) is 117 Å². The molecule has 0 atom stereocenters.